The second-order valence-corrected chi connectivity index (χ2v) is 3.48. The minimum Gasteiger partial charge on any atom is -0.340 e. The van der Waals surface area contributed by atoms with E-state index in [1.807, 2.05) is 18.2 Å². The van der Waals surface area contributed by atoms with Gasteiger partial charge in [-0.05, 0) is 12.1 Å². The second kappa shape index (κ2) is 5.37. The summed E-state index contributed by atoms with van der Waals surface area (Å²) in [6.45, 7) is 3.26. The van der Waals surface area contributed by atoms with E-state index in [0.717, 1.165) is 18.7 Å². The molecule has 0 fully saturated rings. The second-order valence-electron chi connectivity index (χ2n) is 3.48. The van der Waals surface area contributed by atoms with Crippen molar-refractivity contribution >= 4 is 0 Å². The smallest absolute Gasteiger partial charge is 0.223 e. The first-order chi connectivity index (χ1) is 7.84. The van der Waals surface area contributed by atoms with Crippen LogP contribution in [0.15, 0.2) is 28.9 Å². The van der Waals surface area contributed by atoms with Crippen molar-refractivity contribution in [1.82, 2.24) is 20.4 Å². The molecule has 2 aromatic rings. The van der Waals surface area contributed by atoms with Crippen LogP contribution < -0.4 is 5.32 Å². The predicted molar refractivity (Wildman–Crippen MR) is 58.7 cm³/mol. The highest BCUT2D eigenvalue weighted by Crippen LogP contribution is 1.95. The number of hydrogen-bond acceptors (Lipinski definition) is 5. The third-order valence-electron chi connectivity index (χ3n) is 2.14. The van der Waals surface area contributed by atoms with Crippen molar-refractivity contribution in [1.29, 1.82) is 0 Å². The summed E-state index contributed by atoms with van der Waals surface area (Å²) in [5, 5.41) is 7.03. The Morgan fingerprint density at radius 1 is 1.38 bits per heavy atom. The van der Waals surface area contributed by atoms with Crippen LogP contribution in [-0.4, -0.2) is 21.7 Å². The molecule has 0 spiro atoms. The van der Waals surface area contributed by atoms with E-state index in [1.165, 1.54) is 0 Å². The highest BCUT2D eigenvalue weighted by Gasteiger charge is 2.00. The molecular weight excluding hydrogens is 204 g/mol. The van der Waals surface area contributed by atoms with Gasteiger partial charge >= 0.3 is 0 Å². The maximum absolute atomic E-state index is 4.87. The van der Waals surface area contributed by atoms with Gasteiger partial charge < -0.3 is 9.84 Å². The zero-order chi connectivity index (χ0) is 11.2. The molecule has 0 amide bonds. The van der Waals surface area contributed by atoms with Gasteiger partial charge in [-0.25, -0.2) is 0 Å². The lowest BCUT2D eigenvalue weighted by Gasteiger charge is -2.00. The first kappa shape index (κ1) is 10.8. The topological polar surface area (TPSA) is 63.8 Å². The number of rotatable bonds is 5. The Hall–Kier alpha value is -1.75. The fraction of sp³-hybridized carbons (Fsp3) is 0.364. The van der Waals surface area contributed by atoms with Crippen LogP contribution in [0.1, 0.15) is 17.4 Å². The molecule has 5 nitrogen and oxygen atoms in total. The Balaban J connectivity index is 1.69. The minimum atomic E-state index is 0.599. The normalized spacial score (nSPS) is 10.6. The predicted octanol–water partition coefficient (Wildman–Crippen LogP) is 1.11. The average molecular weight is 218 g/mol. The lowest BCUT2D eigenvalue weighted by Crippen LogP contribution is -2.17. The van der Waals surface area contributed by atoms with E-state index in [9.17, 15) is 0 Å². The molecule has 0 unspecified atom stereocenters. The van der Waals surface area contributed by atoms with Crippen molar-refractivity contribution in [3.8, 4) is 0 Å². The SMILES string of the molecule is Cc1nc(CNCCc2ccccn2)no1. The quantitative estimate of drug-likeness (QED) is 0.761. The van der Waals surface area contributed by atoms with Crippen molar-refractivity contribution in [2.75, 3.05) is 6.54 Å². The Morgan fingerprint density at radius 3 is 3.00 bits per heavy atom. The van der Waals surface area contributed by atoms with Gasteiger partial charge in [-0.2, -0.15) is 4.98 Å². The van der Waals surface area contributed by atoms with E-state index in [1.54, 1.807) is 13.1 Å². The van der Waals surface area contributed by atoms with Gasteiger partial charge in [0.15, 0.2) is 5.82 Å². The van der Waals surface area contributed by atoms with Crippen LogP contribution in [0.25, 0.3) is 0 Å². The van der Waals surface area contributed by atoms with E-state index < -0.39 is 0 Å². The number of nitrogens with one attached hydrogen (secondary N) is 1. The molecule has 0 atom stereocenters. The monoisotopic (exact) mass is 218 g/mol. The van der Waals surface area contributed by atoms with Crippen molar-refractivity contribution in [3.63, 3.8) is 0 Å². The summed E-state index contributed by atoms with van der Waals surface area (Å²) >= 11 is 0. The third kappa shape index (κ3) is 3.13. The summed E-state index contributed by atoms with van der Waals surface area (Å²) in [7, 11) is 0. The van der Waals surface area contributed by atoms with Crippen molar-refractivity contribution in [2.45, 2.75) is 19.9 Å². The molecule has 0 aliphatic heterocycles. The zero-order valence-corrected chi connectivity index (χ0v) is 9.18. The average Bonchev–Trinajstić information content (AvgIpc) is 2.72. The Kier molecular flexibility index (Phi) is 3.61. The maximum atomic E-state index is 4.87. The molecule has 5 heteroatoms. The summed E-state index contributed by atoms with van der Waals surface area (Å²) in [5.74, 6) is 1.29. The van der Waals surface area contributed by atoms with Gasteiger partial charge in [-0.3, -0.25) is 4.98 Å². The molecular formula is C11H14N4O. The van der Waals surface area contributed by atoms with Gasteiger partial charge in [-0.15, -0.1) is 0 Å². The third-order valence-corrected chi connectivity index (χ3v) is 2.14. The van der Waals surface area contributed by atoms with Crippen LogP contribution in [0.5, 0.6) is 0 Å². The number of pyridine rings is 1. The van der Waals surface area contributed by atoms with Gasteiger partial charge in [0.25, 0.3) is 0 Å². The van der Waals surface area contributed by atoms with Crippen LogP contribution in [0.4, 0.5) is 0 Å². The first-order valence-electron chi connectivity index (χ1n) is 5.24. The van der Waals surface area contributed by atoms with Crippen molar-refractivity contribution in [3.05, 3.63) is 41.8 Å². The summed E-state index contributed by atoms with van der Waals surface area (Å²) in [6.07, 6.45) is 2.70. The standard InChI is InChI=1S/C11H14N4O/c1-9-14-11(15-16-9)8-12-7-5-10-4-2-3-6-13-10/h2-4,6,12H,5,7-8H2,1H3. The fourth-order valence-corrected chi connectivity index (χ4v) is 1.38. The van der Waals surface area contributed by atoms with Gasteiger partial charge in [0.2, 0.25) is 5.89 Å². The molecule has 0 aliphatic rings. The molecule has 0 saturated heterocycles. The maximum Gasteiger partial charge on any atom is 0.223 e. The Labute approximate surface area is 93.9 Å². The van der Waals surface area contributed by atoms with Crippen LogP contribution in [-0.2, 0) is 13.0 Å². The molecule has 1 N–H and O–H groups in total. The summed E-state index contributed by atoms with van der Waals surface area (Å²) in [6, 6.07) is 5.92. The largest absolute Gasteiger partial charge is 0.340 e. The first-order valence-corrected chi connectivity index (χ1v) is 5.24. The van der Waals surface area contributed by atoms with E-state index in [4.69, 9.17) is 4.52 Å². The minimum absolute atomic E-state index is 0.599. The Morgan fingerprint density at radius 2 is 2.31 bits per heavy atom. The molecule has 16 heavy (non-hydrogen) atoms. The molecule has 0 bridgehead atoms. The fourth-order valence-electron chi connectivity index (χ4n) is 1.38. The van der Waals surface area contributed by atoms with Gasteiger partial charge in [0.05, 0.1) is 6.54 Å². The van der Waals surface area contributed by atoms with E-state index in [0.29, 0.717) is 18.3 Å². The highest BCUT2D eigenvalue weighted by atomic mass is 16.5. The molecule has 0 aromatic carbocycles. The van der Waals surface area contributed by atoms with Crippen molar-refractivity contribution < 1.29 is 4.52 Å². The molecule has 0 aliphatic carbocycles. The van der Waals surface area contributed by atoms with E-state index >= 15 is 0 Å². The van der Waals surface area contributed by atoms with Crippen LogP contribution in [0.2, 0.25) is 0 Å². The highest BCUT2D eigenvalue weighted by molar-refractivity contribution is 5.03. The van der Waals surface area contributed by atoms with Gasteiger partial charge in [-0.1, -0.05) is 11.2 Å². The van der Waals surface area contributed by atoms with Gasteiger partial charge in [0, 0.05) is 31.8 Å². The molecule has 2 aromatic heterocycles. The van der Waals surface area contributed by atoms with E-state index in [2.05, 4.69) is 20.4 Å². The molecule has 2 rings (SSSR count). The lowest BCUT2D eigenvalue weighted by molar-refractivity contribution is 0.385. The summed E-state index contributed by atoms with van der Waals surface area (Å²) < 4.78 is 4.87. The lowest BCUT2D eigenvalue weighted by atomic mass is 10.3. The summed E-state index contributed by atoms with van der Waals surface area (Å²) in [4.78, 5) is 8.34. The Bertz CT molecular complexity index is 427. The number of aromatic nitrogens is 3. The zero-order valence-electron chi connectivity index (χ0n) is 9.18. The molecule has 2 heterocycles. The van der Waals surface area contributed by atoms with Crippen LogP contribution in [0, 0.1) is 6.92 Å². The van der Waals surface area contributed by atoms with Gasteiger partial charge in [0.1, 0.15) is 0 Å². The van der Waals surface area contributed by atoms with Crippen LogP contribution in [0.3, 0.4) is 0 Å². The van der Waals surface area contributed by atoms with Crippen LogP contribution >= 0.6 is 0 Å². The summed E-state index contributed by atoms with van der Waals surface area (Å²) in [5.41, 5.74) is 1.08. The van der Waals surface area contributed by atoms with E-state index in [-0.39, 0.29) is 0 Å². The molecule has 0 radical (unpaired) electrons. The number of hydrogen-bond donors (Lipinski definition) is 1. The molecule has 84 valence electrons. The number of nitrogens with zero attached hydrogens (tertiary/aromatic N) is 3. The number of aryl methyl sites for hydroxylation is 1. The molecule has 0 saturated carbocycles. The van der Waals surface area contributed by atoms with Crippen molar-refractivity contribution in [2.24, 2.45) is 0 Å².